The minimum atomic E-state index is -0.223. The van der Waals surface area contributed by atoms with Crippen LogP contribution in [0.15, 0.2) is 12.1 Å². The first-order chi connectivity index (χ1) is 11.5. The summed E-state index contributed by atoms with van der Waals surface area (Å²) < 4.78 is 0. The van der Waals surface area contributed by atoms with Crippen molar-refractivity contribution in [1.82, 2.24) is 4.90 Å². The molecule has 0 spiro atoms. The molecule has 0 aromatic heterocycles. The van der Waals surface area contributed by atoms with Crippen molar-refractivity contribution in [1.29, 1.82) is 0 Å². The largest absolute Gasteiger partial charge is 0.339 e. The van der Waals surface area contributed by atoms with Crippen molar-refractivity contribution >= 4 is 17.5 Å². The monoisotopic (exact) mass is 328 g/mol. The minimum Gasteiger partial charge on any atom is -0.339 e. The predicted octanol–water partition coefficient (Wildman–Crippen LogP) is 3.73. The molecule has 1 atom stereocenters. The highest BCUT2D eigenvalue weighted by Gasteiger charge is 2.38. The highest BCUT2D eigenvalue weighted by molar-refractivity contribution is 5.98. The summed E-state index contributed by atoms with van der Waals surface area (Å²) in [6.07, 6.45) is 6.22. The second kappa shape index (κ2) is 6.96. The Morgan fingerprint density at radius 3 is 2.33 bits per heavy atom. The van der Waals surface area contributed by atoms with E-state index < -0.39 is 0 Å². The van der Waals surface area contributed by atoms with Gasteiger partial charge in [0.1, 0.15) is 0 Å². The van der Waals surface area contributed by atoms with Gasteiger partial charge in [-0.1, -0.05) is 37.0 Å². The number of anilines is 1. The Balaban J connectivity index is 1.67. The second-order valence-electron chi connectivity index (χ2n) is 7.50. The Bertz CT molecular complexity index is 624. The maximum absolute atomic E-state index is 12.7. The lowest BCUT2D eigenvalue weighted by Crippen LogP contribution is -2.38. The smallest absolute Gasteiger partial charge is 0.229 e. The Morgan fingerprint density at radius 1 is 1.08 bits per heavy atom. The molecule has 4 nitrogen and oxygen atoms in total. The van der Waals surface area contributed by atoms with E-state index in [9.17, 15) is 9.59 Å². The summed E-state index contributed by atoms with van der Waals surface area (Å²) in [5.41, 5.74) is 4.25. The van der Waals surface area contributed by atoms with Crippen LogP contribution in [-0.4, -0.2) is 29.3 Å². The van der Waals surface area contributed by atoms with Gasteiger partial charge in [-0.25, -0.2) is 0 Å². The molecule has 1 saturated carbocycles. The van der Waals surface area contributed by atoms with E-state index in [4.69, 9.17) is 0 Å². The number of nitrogens with zero attached hydrogens (tertiary/aromatic N) is 1. The number of rotatable bonds is 3. The van der Waals surface area contributed by atoms with Gasteiger partial charge < -0.3 is 10.2 Å². The number of carbonyl (C=O) groups excluding carboxylic acids is 2. The van der Waals surface area contributed by atoms with Gasteiger partial charge >= 0.3 is 0 Å². The number of hydrogen-bond acceptors (Lipinski definition) is 2. The fourth-order valence-corrected chi connectivity index (χ4v) is 4.26. The third-order valence-electron chi connectivity index (χ3n) is 5.47. The van der Waals surface area contributed by atoms with E-state index >= 15 is 0 Å². The van der Waals surface area contributed by atoms with Gasteiger partial charge in [0.2, 0.25) is 11.8 Å². The molecule has 0 radical (unpaired) electrons. The van der Waals surface area contributed by atoms with E-state index in [1.165, 1.54) is 24.8 Å². The molecule has 130 valence electrons. The van der Waals surface area contributed by atoms with Gasteiger partial charge in [0.15, 0.2) is 0 Å². The number of benzene rings is 1. The van der Waals surface area contributed by atoms with E-state index in [2.05, 4.69) is 24.4 Å². The van der Waals surface area contributed by atoms with Crippen LogP contribution in [0.3, 0.4) is 0 Å². The molecule has 1 heterocycles. The molecule has 1 aromatic carbocycles. The lowest BCUT2D eigenvalue weighted by molar-refractivity contribution is -0.130. The van der Waals surface area contributed by atoms with Crippen LogP contribution in [0.5, 0.6) is 0 Å². The molecule has 2 fully saturated rings. The first-order valence-electron chi connectivity index (χ1n) is 9.14. The Kier molecular flexibility index (Phi) is 4.93. The third kappa shape index (κ3) is 3.47. The molecule has 0 bridgehead atoms. The highest BCUT2D eigenvalue weighted by Crippen LogP contribution is 2.30. The summed E-state index contributed by atoms with van der Waals surface area (Å²) in [6, 6.07) is 4.51. The number of likely N-dealkylation sites (tertiary alicyclic amines) is 1. The van der Waals surface area contributed by atoms with E-state index in [0.717, 1.165) is 29.7 Å². The van der Waals surface area contributed by atoms with Crippen LogP contribution in [0.25, 0.3) is 0 Å². The van der Waals surface area contributed by atoms with Crippen molar-refractivity contribution in [3.05, 3.63) is 28.8 Å². The SMILES string of the molecule is Cc1cc(C)c(NC(=O)C2CC(=O)N(C3CCCCC3)C2)c(C)c1. The maximum Gasteiger partial charge on any atom is 0.229 e. The van der Waals surface area contributed by atoms with Gasteiger partial charge in [0.05, 0.1) is 5.92 Å². The Hall–Kier alpha value is -1.84. The molecule has 1 aromatic rings. The number of hydrogen-bond donors (Lipinski definition) is 1. The molecule has 24 heavy (non-hydrogen) atoms. The van der Waals surface area contributed by atoms with Crippen molar-refractivity contribution in [2.75, 3.05) is 11.9 Å². The summed E-state index contributed by atoms with van der Waals surface area (Å²) in [6.45, 7) is 6.68. The molecule has 1 aliphatic heterocycles. The van der Waals surface area contributed by atoms with Crippen molar-refractivity contribution < 1.29 is 9.59 Å². The van der Waals surface area contributed by atoms with E-state index in [1.54, 1.807) is 0 Å². The van der Waals surface area contributed by atoms with Gasteiger partial charge in [-0.3, -0.25) is 9.59 Å². The third-order valence-corrected chi connectivity index (χ3v) is 5.47. The van der Waals surface area contributed by atoms with Crippen molar-refractivity contribution in [2.45, 2.75) is 65.3 Å². The molecule has 1 saturated heterocycles. The highest BCUT2D eigenvalue weighted by atomic mass is 16.2. The summed E-state index contributed by atoms with van der Waals surface area (Å²) >= 11 is 0. The average Bonchev–Trinajstić information content (AvgIpc) is 2.93. The standard InChI is InChI=1S/C20H28N2O2/c1-13-9-14(2)19(15(3)10-13)21-20(24)16-11-18(23)22(12-16)17-7-5-4-6-8-17/h9-10,16-17H,4-8,11-12H2,1-3H3,(H,21,24). The van der Waals surface area contributed by atoms with Gasteiger partial charge in [-0.2, -0.15) is 0 Å². The topological polar surface area (TPSA) is 49.4 Å². The number of aryl methyl sites for hydroxylation is 3. The average molecular weight is 328 g/mol. The van der Waals surface area contributed by atoms with Gasteiger partial charge in [-0.15, -0.1) is 0 Å². The van der Waals surface area contributed by atoms with Crippen LogP contribution in [0, 0.1) is 26.7 Å². The fourth-order valence-electron chi connectivity index (χ4n) is 4.26. The fraction of sp³-hybridized carbons (Fsp3) is 0.600. The Morgan fingerprint density at radius 2 is 1.71 bits per heavy atom. The summed E-state index contributed by atoms with van der Waals surface area (Å²) in [5, 5.41) is 3.07. The number of nitrogens with one attached hydrogen (secondary N) is 1. The van der Waals surface area contributed by atoms with E-state index in [1.807, 2.05) is 18.7 Å². The number of carbonyl (C=O) groups is 2. The van der Waals surface area contributed by atoms with Crippen LogP contribution >= 0.6 is 0 Å². The quantitative estimate of drug-likeness (QED) is 0.919. The van der Waals surface area contributed by atoms with Gasteiger partial charge in [-0.05, 0) is 44.7 Å². The van der Waals surface area contributed by atoms with Crippen molar-refractivity contribution in [2.24, 2.45) is 5.92 Å². The lowest BCUT2D eigenvalue weighted by Gasteiger charge is -2.31. The molecule has 2 aliphatic rings. The molecule has 4 heteroatoms. The van der Waals surface area contributed by atoms with E-state index in [-0.39, 0.29) is 17.7 Å². The van der Waals surface area contributed by atoms with Crippen LogP contribution < -0.4 is 5.32 Å². The molecule has 1 N–H and O–H groups in total. The van der Waals surface area contributed by atoms with Crippen LogP contribution in [0.2, 0.25) is 0 Å². The first kappa shape index (κ1) is 17.0. The van der Waals surface area contributed by atoms with Crippen LogP contribution in [0.1, 0.15) is 55.2 Å². The zero-order valence-corrected chi connectivity index (χ0v) is 15.0. The summed E-state index contributed by atoms with van der Waals surface area (Å²) in [5.74, 6) is -0.0874. The molecule has 1 aliphatic carbocycles. The zero-order valence-electron chi connectivity index (χ0n) is 15.0. The van der Waals surface area contributed by atoms with Crippen LogP contribution in [-0.2, 0) is 9.59 Å². The molecule has 1 unspecified atom stereocenters. The predicted molar refractivity (Wildman–Crippen MR) is 96.0 cm³/mol. The van der Waals surface area contributed by atoms with Gasteiger partial charge in [0.25, 0.3) is 0 Å². The minimum absolute atomic E-state index is 0.0169. The number of amides is 2. The summed E-state index contributed by atoms with van der Waals surface area (Å²) in [4.78, 5) is 27.0. The Labute approximate surface area is 144 Å². The first-order valence-corrected chi connectivity index (χ1v) is 9.14. The van der Waals surface area contributed by atoms with Crippen molar-refractivity contribution in [3.63, 3.8) is 0 Å². The normalized spacial score (nSPS) is 22.0. The molecule has 3 rings (SSSR count). The molecular weight excluding hydrogens is 300 g/mol. The molecule has 2 amide bonds. The van der Waals surface area contributed by atoms with E-state index in [0.29, 0.717) is 19.0 Å². The maximum atomic E-state index is 12.7. The van der Waals surface area contributed by atoms with Gasteiger partial charge in [0, 0.05) is 24.7 Å². The second-order valence-corrected chi connectivity index (χ2v) is 7.50. The van der Waals surface area contributed by atoms with Crippen LogP contribution in [0.4, 0.5) is 5.69 Å². The summed E-state index contributed by atoms with van der Waals surface area (Å²) in [7, 11) is 0. The molecular formula is C20H28N2O2. The van der Waals surface area contributed by atoms with Crippen molar-refractivity contribution in [3.8, 4) is 0 Å². The lowest BCUT2D eigenvalue weighted by atomic mass is 9.94. The zero-order chi connectivity index (χ0) is 17.3.